The van der Waals surface area contributed by atoms with Crippen LogP contribution in [0.2, 0.25) is 0 Å². The quantitative estimate of drug-likeness (QED) is 0.0273. The number of fused-ring (bicyclic) bond motifs is 1. The molecule has 6 rings (SSSR count). The number of aromatic nitrogens is 3. The van der Waals surface area contributed by atoms with E-state index in [0.717, 1.165) is 10.7 Å². The number of nitrogens with two attached hydrogens (primary N) is 2. The van der Waals surface area contributed by atoms with Crippen LogP contribution in [0.4, 0.5) is 17.2 Å². The molecule has 0 aliphatic carbocycles. The SMILES string of the molecule is CCS.NC(=O)c1c(Nc2ccnc(OCCOCCOCCOCCNC(=O)COc3cccc4c3C(=O)N(C3CCC(=O)NC3=O)C4=O)c2)n[nH]c1-c1ccc(N)cc1. The summed E-state index contributed by atoms with van der Waals surface area (Å²) < 4.78 is 27.8. The summed E-state index contributed by atoms with van der Waals surface area (Å²) in [5, 5.41) is 14.9. The number of carbonyl (C=O) groups excluding carboxylic acids is 6. The lowest BCUT2D eigenvalue weighted by molar-refractivity contribution is -0.136. The number of benzene rings is 2. The molecule has 0 saturated carbocycles. The van der Waals surface area contributed by atoms with E-state index in [1.807, 2.05) is 6.92 Å². The van der Waals surface area contributed by atoms with Gasteiger partial charge in [-0.25, -0.2) is 4.98 Å². The number of aromatic amines is 1. The van der Waals surface area contributed by atoms with E-state index >= 15 is 0 Å². The van der Waals surface area contributed by atoms with Crippen LogP contribution in [0.1, 0.15) is 50.8 Å². The summed E-state index contributed by atoms with van der Waals surface area (Å²) in [6, 6.07) is 13.6. The molecule has 2 aromatic carbocycles. The number of nitrogen functional groups attached to an aromatic ring is 1. The third-order valence-electron chi connectivity index (χ3n) is 8.79. The fraction of sp³-hybridized carbons (Fsp3) is 0.350. The lowest BCUT2D eigenvalue weighted by Crippen LogP contribution is -2.54. The van der Waals surface area contributed by atoms with Gasteiger partial charge in [0.1, 0.15) is 24.0 Å². The molecule has 0 spiro atoms. The molecule has 1 unspecified atom stereocenters. The molecule has 6 amide bonds. The molecule has 61 heavy (non-hydrogen) atoms. The van der Waals surface area contributed by atoms with Crippen molar-refractivity contribution in [1.82, 2.24) is 30.7 Å². The zero-order chi connectivity index (χ0) is 43.7. The van der Waals surface area contributed by atoms with Gasteiger partial charge in [0, 0.05) is 42.2 Å². The third-order valence-corrected chi connectivity index (χ3v) is 8.79. The highest BCUT2D eigenvalue weighted by Crippen LogP contribution is 2.34. The third kappa shape index (κ3) is 12.5. The molecule has 2 aliphatic heterocycles. The predicted octanol–water partition coefficient (Wildman–Crippen LogP) is 1.86. The average molecular weight is 862 g/mol. The van der Waals surface area contributed by atoms with Gasteiger partial charge >= 0.3 is 0 Å². The minimum atomic E-state index is -1.11. The van der Waals surface area contributed by atoms with Gasteiger partial charge in [-0.15, -0.1) is 0 Å². The van der Waals surface area contributed by atoms with Crippen LogP contribution >= 0.6 is 12.6 Å². The van der Waals surface area contributed by atoms with Crippen LogP contribution in [0.3, 0.4) is 0 Å². The molecule has 1 saturated heterocycles. The van der Waals surface area contributed by atoms with Crippen LogP contribution in [0.25, 0.3) is 11.3 Å². The van der Waals surface area contributed by atoms with E-state index < -0.39 is 48.1 Å². The van der Waals surface area contributed by atoms with Crippen LogP contribution in [0.15, 0.2) is 60.8 Å². The van der Waals surface area contributed by atoms with E-state index in [1.165, 1.54) is 18.2 Å². The van der Waals surface area contributed by atoms with Gasteiger partial charge < -0.3 is 45.8 Å². The first-order valence-corrected chi connectivity index (χ1v) is 19.8. The second kappa shape index (κ2) is 22.7. The lowest BCUT2D eigenvalue weighted by atomic mass is 10.0. The maximum Gasteiger partial charge on any atom is 0.266 e. The van der Waals surface area contributed by atoms with Crippen molar-refractivity contribution in [2.75, 3.05) is 76.2 Å². The smallest absolute Gasteiger partial charge is 0.266 e. The van der Waals surface area contributed by atoms with Gasteiger partial charge in [0.2, 0.25) is 17.7 Å². The maximum atomic E-state index is 13.2. The van der Waals surface area contributed by atoms with E-state index in [9.17, 15) is 28.8 Å². The number of nitrogens with one attached hydrogen (secondary N) is 4. The summed E-state index contributed by atoms with van der Waals surface area (Å²) in [7, 11) is 0. The van der Waals surface area contributed by atoms with E-state index in [-0.39, 0.29) is 74.1 Å². The number of nitrogens with zero attached hydrogens (tertiary/aromatic N) is 3. The number of piperidine rings is 1. The van der Waals surface area contributed by atoms with E-state index in [1.54, 1.807) is 42.6 Å². The van der Waals surface area contributed by atoms with Crippen molar-refractivity contribution in [2.45, 2.75) is 25.8 Å². The molecule has 0 bridgehead atoms. The molecule has 4 aromatic rings. The standard InChI is InChI=1S/C38H41N9O11.C2H6S/c39-23-6-4-22(5-7-23)33-32(34(40)50)35(46-45-33)43-24-10-11-42-30(20-24)57-19-18-56-17-16-55-15-14-54-13-12-41-29(49)21-58-27-3-1-2-25-31(27)38(53)47(37(25)52)26-8-9-28(48)44-36(26)51;1-2-3/h1-7,10-11,20,26H,8-9,12-19,21,39H2,(H2,40,50)(H,41,49)(H,44,48,51)(H2,42,43,45,46);3H,2H2,1H3. The summed E-state index contributed by atoms with van der Waals surface area (Å²) in [6.07, 6.45) is 1.57. The van der Waals surface area contributed by atoms with Gasteiger partial charge in [0.05, 0.1) is 56.5 Å². The normalized spacial score (nSPS) is 14.5. The lowest BCUT2D eigenvalue weighted by Gasteiger charge is -2.27. The minimum absolute atomic E-state index is 0.000257. The molecule has 1 atom stereocenters. The van der Waals surface area contributed by atoms with Gasteiger partial charge in [0.25, 0.3) is 23.6 Å². The molecule has 0 radical (unpaired) electrons. The summed E-state index contributed by atoms with van der Waals surface area (Å²) >= 11 is 3.79. The first kappa shape index (κ1) is 45.5. The largest absolute Gasteiger partial charge is 0.483 e. The molecular weight excluding hydrogens is 815 g/mol. The zero-order valence-corrected chi connectivity index (χ0v) is 34.2. The van der Waals surface area contributed by atoms with Crippen LogP contribution in [-0.2, 0) is 28.6 Å². The van der Waals surface area contributed by atoms with E-state index in [0.29, 0.717) is 48.3 Å². The van der Waals surface area contributed by atoms with Crippen LogP contribution in [0, 0.1) is 0 Å². The number of primary amides is 1. The van der Waals surface area contributed by atoms with Crippen molar-refractivity contribution >= 4 is 65.3 Å². The molecule has 8 N–H and O–H groups in total. The number of pyridine rings is 1. The number of anilines is 3. The van der Waals surface area contributed by atoms with Crippen molar-refractivity contribution in [3.8, 4) is 22.9 Å². The summed E-state index contributed by atoms with van der Waals surface area (Å²) in [6.45, 7) is 3.69. The van der Waals surface area contributed by atoms with E-state index in [4.69, 9.17) is 35.2 Å². The Morgan fingerprint density at radius 2 is 1.61 bits per heavy atom. The molecule has 2 aromatic heterocycles. The number of hydrogen-bond donors (Lipinski definition) is 7. The number of amides is 6. The predicted molar refractivity (Wildman–Crippen MR) is 224 cm³/mol. The number of imide groups is 2. The number of hydrogen-bond acceptors (Lipinski definition) is 16. The van der Waals surface area contributed by atoms with Gasteiger partial charge in [-0.05, 0) is 42.5 Å². The van der Waals surface area contributed by atoms with Crippen molar-refractivity contribution in [3.05, 3.63) is 77.5 Å². The second-order valence-electron chi connectivity index (χ2n) is 13.1. The molecule has 324 valence electrons. The van der Waals surface area contributed by atoms with Gasteiger partial charge in [0.15, 0.2) is 12.4 Å². The Hall–Kier alpha value is -6.55. The molecule has 4 heterocycles. The van der Waals surface area contributed by atoms with E-state index in [2.05, 4.69) is 43.8 Å². The summed E-state index contributed by atoms with van der Waals surface area (Å²) in [4.78, 5) is 79.6. The topological polar surface area (TPSA) is 282 Å². The van der Waals surface area contributed by atoms with Crippen molar-refractivity contribution < 1.29 is 52.5 Å². The Morgan fingerprint density at radius 3 is 2.30 bits per heavy atom. The molecule has 20 nitrogen and oxygen atoms in total. The van der Waals surface area contributed by atoms with Crippen LogP contribution in [0.5, 0.6) is 11.6 Å². The molecule has 1 fully saturated rings. The zero-order valence-electron chi connectivity index (χ0n) is 33.3. The van der Waals surface area contributed by atoms with Gasteiger partial charge in [-0.3, -0.25) is 44.1 Å². The Labute approximate surface area is 355 Å². The Bertz CT molecular complexity index is 2190. The van der Waals surface area contributed by atoms with Gasteiger partial charge in [-0.2, -0.15) is 17.7 Å². The minimum Gasteiger partial charge on any atom is -0.483 e. The fourth-order valence-electron chi connectivity index (χ4n) is 6.04. The monoisotopic (exact) mass is 861 g/mol. The molecule has 2 aliphatic rings. The summed E-state index contributed by atoms with van der Waals surface area (Å²) in [5.41, 5.74) is 13.9. The highest BCUT2D eigenvalue weighted by Gasteiger charge is 2.46. The number of carbonyl (C=O) groups is 6. The fourth-order valence-corrected chi connectivity index (χ4v) is 6.04. The second-order valence-corrected chi connectivity index (χ2v) is 13.7. The van der Waals surface area contributed by atoms with Crippen molar-refractivity contribution in [3.63, 3.8) is 0 Å². The Kier molecular flexibility index (Phi) is 17.0. The van der Waals surface area contributed by atoms with Crippen molar-refractivity contribution in [2.24, 2.45) is 5.73 Å². The molecular formula is C40H47N9O11S. The van der Waals surface area contributed by atoms with Gasteiger partial charge in [-0.1, -0.05) is 25.1 Å². The highest BCUT2D eigenvalue weighted by molar-refractivity contribution is 7.80. The van der Waals surface area contributed by atoms with Crippen LogP contribution < -0.4 is 36.9 Å². The number of thiol groups is 1. The Balaban J connectivity index is 0.00000228. The first-order chi connectivity index (χ1) is 29.5. The maximum absolute atomic E-state index is 13.2. The number of H-pyrrole nitrogens is 1. The highest BCUT2D eigenvalue weighted by atomic mass is 32.1. The number of ether oxygens (including phenoxy) is 5. The summed E-state index contributed by atoms with van der Waals surface area (Å²) in [5.74, 6) is -2.18. The molecule has 21 heteroatoms. The number of rotatable bonds is 21. The average Bonchev–Trinajstić information content (AvgIpc) is 3.77. The Morgan fingerprint density at radius 1 is 0.918 bits per heavy atom. The van der Waals surface area contributed by atoms with Crippen molar-refractivity contribution in [1.29, 1.82) is 0 Å². The first-order valence-electron chi connectivity index (χ1n) is 19.2. The van der Waals surface area contributed by atoms with Crippen LogP contribution in [-0.4, -0.2) is 127 Å².